The van der Waals surface area contributed by atoms with Crippen LogP contribution in [0.25, 0.3) is 44.5 Å². The largest absolute Gasteiger partial charge is 0.634 e. The smallest absolute Gasteiger partial charge is 0.494 e. The molecule has 1 aliphatic rings. The Hall–Kier alpha value is -4.40. The van der Waals surface area contributed by atoms with E-state index in [0.717, 1.165) is 31.6 Å². The summed E-state index contributed by atoms with van der Waals surface area (Å²) < 4.78 is 73.4. The number of hydrogen-bond acceptors (Lipinski definition) is 4. The molecular formula is C42H34BBiF5O4. The molecule has 0 heterocycles. The summed E-state index contributed by atoms with van der Waals surface area (Å²) in [5, 5.41) is 16.4. The van der Waals surface area contributed by atoms with Gasteiger partial charge in [-0.2, -0.15) is 0 Å². The van der Waals surface area contributed by atoms with Gasteiger partial charge in [0.15, 0.2) is 23.3 Å². The molecular weight excluding hydrogens is 883 g/mol. The quantitative estimate of drug-likeness (QED) is 0.0472. The molecule has 0 saturated carbocycles. The average molecular weight is 918 g/mol. The van der Waals surface area contributed by atoms with E-state index >= 15 is 0 Å². The normalized spacial score (nSPS) is 11.2. The number of ether oxygens (including phenoxy) is 1. The molecule has 0 aliphatic heterocycles. The first-order chi connectivity index (χ1) is 25.2. The molecule has 6 aromatic carbocycles. The first-order valence-electron chi connectivity index (χ1n) is 16.8. The van der Waals surface area contributed by atoms with E-state index in [2.05, 4.69) is 127 Å². The summed E-state index contributed by atoms with van der Waals surface area (Å²) in [6, 6.07) is 41.7. The predicted molar refractivity (Wildman–Crippen MR) is 198 cm³/mol. The molecule has 0 unspecified atom stereocenters. The van der Waals surface area contributed by atoms with Crippen molar-refractivity contribution in [2.24, 2.45) is 0 Å². The first kappa shape index (κ1) is 39.8. The fraction of sp³-hybridized carbons (Fsp3) is 0.143. The molecule has 3 radical (unpaired) electrons. The molecule has 2 N–H and O–H groups in total. The molecule has 6 aromatic rings. The number of hydrogen-bond donors (Lipinski definition) is 2. The predicted octanol–water partition coefficient (Wildman–Crippen LogP) is 9.93. The van der Waals surface area contributed by atoms with Crippen LogP contribution >= 0.6 is 0 Å². The minimum Gasteiger partial charge on any atom is -0.494 e. The molecule has 0 amide bonds. The molecule has 0 fully saturated rings. The zero-order valence-corrected chi connectivity index (χ0v) is 32.1. The summed E-state index contributed by atoms with van der Waals surface area (Å²) in [5.74, 6) is -9.74. The molecule has 7 rings (SSSR count). The molecule has 0 saturated heterocycles. The molecule has 269 valence electrons. The maximum Gasteiger partial charge on any atom is 0.634 e. The van der Waals surface area contributed by atoms with Crippen LogP contribution in [-0.2, 0) is 17.7 Å². The van der Waals surface area contributed by atoms with Gasteiger partial charge in [0, 0.05) is 26.2 Å². The topological polar surface area (TPSA) is 58.9 Å². The number of unbranched alkanes of at least 4 members (excludes halogenated alkanes) is 1. The van der Waals surface area contributed by atoms with Gasteiger partial charge >= 0.3 is 7.32 Å². The van der Waals surface area contributed by atoms with E-state index in [1.165, 1.54) is 55.6 Å². The number of benzene rings is 6. The third-order valence-corrected chi connectivity index (χ3v) is 8.84. The third-order valence-electron chi connectivity index (χ3n) is 8.84. The van der Waals surface area contributed by atoms with Crippen molar-refractivity contribution in [1.29, 1.82) is 0 Å². The third kappa shape index (κ3) is 8.71. The molecule has 11 heteroatoms. The van der Waals surface area contributed by atoms with E-state index < -0.39 is 48.6 Å². The molecule has 1 aliphatic carbocycles. The van der Waals surface area contributed by atoms with E-state index in [-0.39, 0.29) is 26.2 Å². The Labute approximate surface area is 324 Å². The van der Waals surface area contributed by atoms with Crippen LogP contribution in [0.5, 0.6) is 5.75 Å². The average Bonchev–Trinajstić information content (AvgIpc) is 3.55. The second-order valence-corrected chi connectivity index (χ2v) is 12.2. The van der Waals surface area contributed by atoms with E-state index in [4.69, 9.17) is 14.8 Å². The van der Waals surface area contributed by atoms with Crippen molar-refractivity contribution >= 4 is 33.5 Å². The molecule has 0 aromatic heterocycles. The SMILES string of the molecule is CCCCOc1ccc(-c2cc3c(c(-c4ccccc4)c2-c2ccccc2)Cc2ccccc2-3)cc1.OB(O)OCc1c(F)c(F)c(F)c(F)c1F.[Bi]. The monoisotopic (exact) mass is 917 g/mol. The van der Waals surface area contributed by atoms with Gasteiger partial charge in [-0.25, -0.2) is 22.0 Å². The van der Waals surface area contributed by atoms with Gasteiger partial charge < -0.3 is 19.4 Å². The van der Waals surface area contributed by atoms with Crippen LogP contribution in [0.1, 0.15) is 36.5 Å². The number of fused-ring (bicyclic) bond motifs is 3. The maximum atomic E-state index is 12.9. The van der Waals surface area contributed by atoms with Gasteiger partial charge in [-0.3, -0.25) is 0 Å². The standard InChI is InChI=1S/C35H30O.C7H4BF5O3.Bi/c1-2-3-22-36-29-20-18-25(19-21-29)31-24-32-30-17-11-10-16-28(30)23-33(32)35(27-14-8-5-9-15-27)34(31)26-12-6-4-7-13-26;9-3-2(1-16-8(14)15)4(10)6(12)7(13)5(3)11;/h4-21,24H,2-3,22-23H2,1H3;14-15H,1H2;. The fourth-order valence-electron chi connectivity index (χ4n) is 6.33. The van der Waals surface area contributed by atoms with E-state index in [1.807, 2.05) is 0 Å². The second kappa shape index (κ2) is 18.1. The van der Waals surface area contributed by atoms with Gasteiger partial charge in [-0.15, -0.1) is 0 Å². The van der Waals surface area contributed by atoms with Crippen molar-refractivity contribution in [2.75, 3.05) is 6.61 Å². The van der Waals surface area contributed by atoms with Crippen LogP contribution < -0.4 is 4.74 Å². The Morgan fingerprint density at radius 2 is 1.15 bits per heavy atom. The molecule has 0 spiro atoms. The maximum absolute atomic E-state index is 12.9. The minimum atomic E-state index is -2.38. The molecule has 0 bridgehead atoms. The van der Waals surface area contributed by atoms with Crippen LogP contribution in [0, 0.1) is 29.1 Å². The van der Waals surface area contributed by atoms with Gasteiger partial charge in [0.2, 0.25) is 5.82 Å². The minimum absolute atomic E-state index is 0. The van der Waals surface area contributed by atoms with Gasteiger partial charge in [0.25, 0.3) is 0 Å². The van der Waals surface area contributed by atoms with Crippen LogP contribution in [0.2, 0.25) is 0 Å². The van der Waals surface area contributed by atoms with Gasteiger partial charge in [-0.1, -0.05) is 110 Å². The van der Waals surface area contributed by atoms with Crippen LogP contribution in [-0.4, -0.2) is 50.2 Å². The summed E-state index contributed by atoms with van der Waals surface area (Å²) in [6.45, 7) is 1.79. The fourth-order valence-corrected chi connectivity index (χ4v) is 6.33. The van der Waals surface area contributed by atoms with E-state index in [9.17, 15) is 22.0 Å². The van der Waals surface area contributed by atoms with Crippen LogP contribution in [0.4, 0.5) is 22.0 Å². The first-order valence-corrected chi connectivity index (χ1v) is 16.8. The molecule has 0 atom stereocenters. The van der Waals surface area contributed by atoms with Crippen LogP contribution in [0.15, 0.2) is 115 Å². The van der Waals surface area contributed by atoms with Gasteiger partial charge in [-0.05, 0) is 86.7 Å². The van der Waals surface area contributed by atoms with Gasteiger partial charge in [0.1, 0.15) is 5.75 Å². The zero-order chi connectivity index (χ0) is 36.8. The van der Waals surface area contributed by atoms with Gasteiger partial charge in [0.05, 0.1) is 18.8 Å². The van der Waals surface area contributed by atoms with Crippen molar-refractivity contribution < 1.29 is 41.4 Å². The summed E-state index contributed by atoms with van der Waals surface area (Å²) in [7, 11) is -2.38. The Balaban J connectivity index is 0.000000270. The van der Waals surface area contributed by atoms with Crippen molar-refractivity contribution in [3.8, 4) is 50.3 Å². The Morgan fingerprint density at radius 3 is 1.74 bits per heavy atom. The number of rotatable bonds is 10. The summed E-state index contributed by atoms with van der Waals surface area (Å²) in [4.78, 5) is 0. The van der Waals surface area contributed by atoms with E-state index in [0.29, 0.717) is 0 Å². The Bertz CT molecular complexity index is 2140. The zero-order valence-electron chi connectivity index (χ0n) is 28.6. The van der Waals surface area contributed by atoms with Crippen molar-refractivity contribution in [2.45, 2.75) is 32.8 Å². The second-order valence-electron chi connectivity index (χ2n) is 12.2. The summed E-state index contributed by atoms with van der Waals surface area (Å²) in [6.07, 6.45) is 3.17. The molecule has 53 heavy (non-hydrogen) atoms. The summed E-state index contributed by atoms with van der Waals surface area (Å²) in [5.41, 5.74) is 11.9. The number of halogens is 5. The van der Waals surface area contributed by atoms with E-state index in [1.54, 1.807) is 0 Å². The van der Waals surface area contributed by atoms with Crippen LogP contribution in [0.3, 0.4) is 0 Å². The molecule has 4 nitrogen and oxygen atoms in total. The summed E-state index contributed by atoms with van der Waals surface area (Å²) >= 11 is 0. The van der Waals surface area contributed by atoms with Crippen molar-refractivity contribution in [1.82, 2.24) is 0 Å². The van der Waals surface area contributed by atoms with Crippen molar-refractivity contribution in [3.05, 3.63) is 161 Å². The van der Waals surface area contributed by atoms with Crippen molar-refractivity contribution in [3.63, 3.8) is 0 Å². The Kier molecular flexibility index (Phi) is 13.6. The Morgan fingerprint density at radius 1 is 0.604 bits per heavy atom.